The summed E-state index contributed by atoms with van der Waals surface area (Å²) in [6, 6.07) is 32.6. The molecule has 1 N–H and O–H groups in total. The van der Waals surface area contributed by atoms with Gasteiger partial charge in [-0.3, -0.25) is 9.55 Å². The minimum Gasteiger partial charge on any atom is -0.506 e. The number of aromatic nitrogens is 3. The first-order valence-corrected chi connectivity index (χ1v) is 12.2. The number of phenolic OH excluding ortho intramolecular Hbond substituents is 1. The number of aromatic hydroxyl groups is 1. The van der Waals surface area contributed by atoms with E-state index in [9.17, 15) is 5.11 Å². The molecule has 0 spiro atoms. The van der Waals surface area contributed by atoms with Crippen LogP contribution >= 0.6 is 0 Å². The molecule has 0 aliphatic carbocycles. The summed E-state index contributed by atoms with van der Waals surface area (Å²) < 4.78 is 2.05. The smallest absolute Gasteiger partial charge is 0.146 e. The zero-order valence-electron chi connectivity index (χ0n) is 20.6. The van der Waals surface area contributed by atoms with E-state index in [0.717, 1.165) is 44.6 Å². The first kappa shape index (κ1) is 22.1. The van der Waals surface area contributed by atoms with Gasteiger partial charge in [0.1, 0.15) is 11.4 Å². The molecule has 3 heterocycles. The van der Waals surface area contributed by atoms with Crippen LogP contribution in [0.25, 0.3) is 38.9 Å². The lowest BCUT2D eigenvalue weighted by Gasteiger charge is -2.26. The average molecular weight is 470 g/mol. The van der Waals surface area contributed by atoms with E-state index < -0.39 is 0 Å². The lowest BCUT2D eigenvalue weighted by Crippen LogP contribution is -2.20. The van der Waals surface area contributed by atoms with Gasteiger partial charge in [0.2, 0.25) is 0 Å². The molecule has 3 aromatic carbocycles. The van der Waals surface area contributed by atoms with E-state index in [0.29, 0.717) is 0 Å². The maximum atomic E-state index is 10.7. The van der Waals surface area contributed by atoms with Crippen molar-refractivity contribution in [1.82, 2.24) is 14.5 Å². The number of para-hydroxylation sites is 3. The molecule has 0 radical (unpaired) electrons. The van der Waals surface area contributed by atoms with Gasteiger partial charge in [0.05, 0.1) is 22.6 Å². The summed E-state index contributed by atoms with van der Waals surface area (Å²) in [7, 11) is 0. The van der Waals surface area contributed by atoms with Crippen molar-refractivity contribution >= 4 is 21.9 Å². The maximum absolute atomic E-state index is 10.7. The second-order valence-electron chi connectivity index (χ2n) is 9.84. The third-order valence-electron chi connectivity index (χ3n) is 7.04. The van der Waals surface area contributed by atoms with Crippen LogP contribution < -0.4 is 0 Å². The highest BCUT2D eigenvalue weighted by atomic mass is 16.3. The van der Waals surface area contributed by atoms with Gasteiger partial charge in [0, 0.05) is 27.9 Å². The normalized spacial score (nSPS) is 11.9. The number of benzene rings is 3. The average Bonchev–Trinajstić information content (AvgIpc) is 3.23. The van der Waals surface area contributed by atoms with Crippen molar-refractivity contribution in [2.24, 2.45) is 0 Å². The molecule has 0 atom stereocenters. The lowest BCUT2D eigenvalue weighted by atomic mass is 9.79. The third kappa shape index (κ3) is 3.54. The van der Waals surface area contributed by atoms with Gasteiger partial charge in [-0.1, -0.05) is 61.9 Å². The molecule has 6 aromatic rings. The Morgan fingerprint density at radius 2 is 1.56 bits per heavy atom. The Labute approximate surface area is 210 Å². The van der Waals surface area contributed by atoms with Gasteiger partial charge in [0.25, 0.3) is 0 Å². The number of rotatable bonds is 4. The topological polar surface area (TPSA) is 50.9 Å². The number of nitrogens with zero attached hydrogens (tertiary/aromatic N) is 3. The second-order valence-corrected chi connectivity index (χ2v) is 9.84. The zero-order valence-corrected chi connectivity index (χ0v) is 20.6. The van der Waals surface area contributed by atoms with E-state index >= 15 is 0 Å². The van der Waals surface area contributed by atoms with Crippen molar-refractivity contribution in [3.8, 4) is 22.7 Å². The van der Waals surface area contributed by atoms with Crippen LogP contribution in [0.5, 0.6) is 5.75 Å². The fourth-order valence-corrected chi connectivity index (χ4v) is 5.07. The van der Waals surface area contributed by atoms with Crippen LogP contribution in [0.3, 0.4) is 0 Å². The van der Waals surface area contributed by atoms with E-state index in [2.05, 4.69) is 78.9 Å². The van der Waals surface area contributed by atoms with Crippen molar-refractivity contribution in [2.75, 3.05) is 0 Å². The molecule has 0 aliphatic rings. The summed E-state index contributed by atoms with van der Waals surface area (Å²) in [6.07, 6.45) is 1.85. The van der Waals surface area contributed by atoms with Crippen LogP contribution in [0.1, 0.15) is 30.7 Å². The van der Waals surface area contributed by atoms with Crippen LogP contribution in [-0.2, 0) is 5.41 Å². The SMILES string of the molecule is Cc1cc(-c2ccc3c4ccccc4n(-c4ccccc4O)c3n2)cc(C(C)(C)c2ccccn2)c1. The van der Waals surface area contributed by atoms with Crippen molar-refractivity contribution in [1.29, 1.82) is 0 Å². The van der Waals surface area contributed by atoms with E-state index in [4.69, 9.17) is 4.98 Å². The third-order valence-corrected chi connectivity index (χ3v) is 7.04. The summed E-state index contributed by atoms with van der Waals surface area (Å²) in [5, 5.41) is 12.9. The fraction of sp³-hybridized carbons (Fsp3) is 0.125. The van der Waals surface area contributed by atoms with Crippen molar-refractivity contribution in [3.63, 3.8) is 0 Å². The first-order valence-electron chi connectivity index (χ1n) is 12.2. The number of fused-ring (bicyclic) bond motifs is 3. The molecule has 0 saturated heterocycles. The van der Waals surface area contributed by atoms with E-state index in [-0.39, 0.29) is 11.2 Å². The van der Waals surface area contributed by atoms with E-state index in [1.807, 2.05) is 48.7 Å². The minimum absolute atomic E-state index is 0.224. The highest BCUT2D eigenvalue weighted by Gasteiger charge is 2.25. The predicted molar refractivity (Wildman–Crippen MR) is 147 cm³/mol. The van der Waals surface area contributed by atoms with E-state index in [1.165, 1.54) is 11.1 Å². The number of aryl methyl sites for hydroxylation is 1. The highest BCUT2D eigenvalue weighted by Crippen LogP contribution is 2.37. The Hall–Kier alpha value is -4.44. The highest BCUT2D eigenvalue weighted by molar-refractivity contribution is 6.08. The number of pyridine rings is 2. The van der Waals surface area contributed by atoms with Gasteiger partial charge in [-0.15, -0.1) is 0 Å². The van der Waals surface area contributed by atoms with Crippen LogP contribution in [0, 0.1) is 6.92 Å². The predicted octanol–water partition coefficient (Wildman–Crippen LogP) is 7.58. The summed E-state index contributed by atoms with van der Waals surface area (Å²) in [5.41, 5.74) is 7.65. The molecule has 4 heteroatoms. The molecule has 176 valence electrons. The summed E-state index contributed by atoms with van der Waals surface area (Å²) in [4.78, 5) is 9.81. The molecule has 0 saturated carbocycles. The number of phenols is 1. The summed E-state index contributed by atoms with van der Waals surface area (Å²) in [6.45, 7) is 6.54. The zero-order chi connectivity index (χ0) is 24.9. The molecule has 6 rings (SSSR count). The van der Waals surface area contributed by atoms with Crippen LogP contribution in [-0.4, -0.2) is 19.6 Å². The Morgan fingerprint density at radius 3 is 2.36 bits per heavy atom. The molecule has 0 bridgehead atoms. The van der Waals surface area contributed by atoms with Crippen molar-refractivity contribution in [3.05, 3.63) is 120 Å². The van der Waals surface area contributed by atoms with Crippen molar-refractivity contribution < 1.29 is 5.11 Å². The van der Waals surface area contributed by atoms with Crippen LogP contribution in [0.4, 0.5) is 0 Å². The van der Waals surface area contributed by atoms with Crippen LogP contribution in [0.2, 0.25) is 0 Å². The number of hydrogen-bond donors (Lipinski definition) is 1. The Morgan fingerprint density at radius 1 is 0.778 bits per heavy atom. The van der Waals surface area contributed by atoms with Gasteiger partial charge in [-0.05, 0) is 67.1 Å². The molecular formula is C32H27N3O. The summed E-state index contributed by atoms with van der Waals surface area (Å²) >= 11 is 0. The Kier molecular flexibility index (Phi) is 5.11. The molecule has 4 nitrogen and oxygen atoms in total. The monoisotopic (exact) mass is 469 g/mol. The molecule has 0 fully saturated rings. The fourth-order valence-electron chi connectivity index (χ4n) is 5.07. The van der Waals surface area contributed by atoms with Crippen LogP contribution in [0.15, 0.2) is 103 Å². The van der Waals surface area contributed by atoms with Gasteiger partial charge in [-0.2, -0.15) is 0 Å². The molecule has 3 aromatic heterocycles. The maximum Gasteiger partial charge on any atom is 0.146 e. The Bertz CT molecular complexity index is 1730. The van der Waals surface area contributed by atoms with E-state index in [1.54, 1.807) is 6.07 Å². The standard InChI is InChI=1S/C32H27N3O/c1-21-18-22(20-23(19-21)32(2,3)30-14-8-9-17-33-30)26-16-15-25-24-10-4-5-11-27(24)35(31(25)34-26)28-12-6-7-13-29(28)36/h4-20,36H,1-3H3. The molecule has 0 amide bonds. The lowest BCUT2D eigenvalue weighted by molar-refractivity contribution is 0.473. The van der Waals surface area contributed by atoms with Crippen molar-refractivity contribution in [2.45, 2.75) is 26.2 Å². The first-order chi connectivity index (χ1) is 17.4. The van der Waals surface area contributed by atoms with Gasteiger partial charge < -0.3 is 5.11 Å². The largest absolute Gasteiger partial charge is 0.506 e. The van der Waals surface area contributed by atoms with Gasteiger partial charge in [0.15, 0.2) is 0 Å². The second kappa shape index (κ2) is 8.35. The quantitative estimate of drug-likeness (QED) is 0.289. The van der Waals surface area contributed by atoms with Gasteiger partial charge >= 0.3 is 0 Å². The van der Waals surface area contributed by atoms with Gasteiger partial charge in [-0.25, -0.2) is 4.98 Å². The minimum atomic E-state index is -0.253. The summed E-state index contributed by atoms with van der Waals surface area (Å²) in [5.74, 6) is 0.224. The molecular weight excluding hydrogens is 442 g/mol. The molecule has 0 unspecified atom stereocenters. The molecule has 36 heavy (non-hydrogen) atoms. The molecule has 0 aliphatic heterocycles. The Balaban J connectivity index is 1.57. The number of hydrogen-bond acceptors (Lipinski definition) is 3.